The van der Waals surface area contributed by atoms with E-state index in [9.17, 15) is 0 Å². The van der Waals surface area contributed by atoms with Crippen LogP contribution in [-0.2, 0) is 6.42 Å². The second-order valence-corrected chi connectivity index (χ2v) is 14.8. The van der Waals surface area contributed by atoms with Crippen molar-refractivity contribution in [3.05, 3.63) is 54.1 Å². The van der Waals surface area contributed by atoms with Crippen LogP contribution >= 0.6 is 33.2 Å². The predicted molar refractivity (Wildman–Crippen MR) is 104 cm³/mol. The zero-order chi connectivity index (χ0) is 16.7. The van der Waals surface area contributed by atoms with Gasteiger partial charge >= 0.3 is 6.00 Å². The van der Waals surface area contributed by atoms with Crippen LogP contribution < -0.4 is 4.74 Å². The quantitative estimate of drug-likeness (QED) is 0.277. The molecule has 0 aliphatic carbocycles. The van der Waals surface area contributed by atoms with Gasteiger partial charge in [-0.05, 0) is 30.0 Å². The maximum absolute atomic E-state index is 6.12. The van der Waals surface area contributed by atoms with Gasteiger partial charge in [0.15, 0.2) is 0 Å². The molecule has 0 bridgehead atoms. The molecule has 0 atom stereocenters. The van der Waals surface area contributed by atoms with E-state index in [1.807, 2.05) is 18.2 Å². The molecule has 0 aliphatic heterocycles. The largest absolute Gasteiger partial charge is 0.493 e. The predicted octanol–water partition coefficient (Wildman–Crippen LogP) is 6.73. The van der Waals surface area contributed by atoms with Crippen LogP contribution in [0, 0.1) is 0 Å². The number of hydrogen-bond acceptors (Lipinski definition) is 1. The van der Waals surface area contributed by atoms with E-state index >= 15 is 0 Å². The maximum atomic E-state index is 6.12. The molecular weight excluding hydrogens is 367 g/mol. The van der Waals surface area contributed by atoms with Crippen molar-refractivity contribution in [1.82, 2.24) is 0 Å². The van der Waals surface area contributed by atoms with Gasteiger partial charge in [0, 0.05) is 5.56 Å². The first-order valence-corrected chi connectivity index (χ1v) is 13.1. The molecule has 2 rings (SSSR count). The molecule has 0 unspecified atom stereocenters. The Morgan fingerprint density at radius 2 is 1.70 bits per heavy atom. The highest BCUT2D eigenvalue weighted by molar-refractivity contribution is 7.64. The zero-order valence-corrected chi connectivity index (χ0v) is 16.5. The van der Waals surface area contributed by atoms with Crippen molar-refractivity contribution < 1.29 is 4.74 Å². The van der Waals surface area contributed by atoms with Crippen molar-refractivity contribution in [2.45, 2.75) is 32.2 Å². The second kappa shape index (κ2) is 8.98. The van der Waals surface area contributed by atoms with Crippen LogP contribution in [-0.4, -0.2) is 12.6 Å². The van der Waals surface area contributed by atoms with Crippen LogP contribution in [0.5, 0.6) is 5.75 Å². The first-order chi connectivity index (χ1) is 11.0. The van der Waals surface area contributed by atoms with E-state index in [1.165, 1.54) is 5.56 Å². The van der Waals surface area contributed by atoms with E-state index in [0.29, 0.717) is 12.7 Å². The molecule has 0 N–H and O–H groups in total. The van der Waals surface area contributed by atoms with Crippen LogP contribution in [0.25, 0.3) is 11.1 Å². The molecule has 2 aromatic carbocycles. The monoisotopic (exact) mass is 386 g/mol. The SMILES string of the molecule is CCCc1cccc(-c2ccccc2)c1OCCC[Si](Cl)(Cl)Cl. The molecule has 0 heterocycles. The van der Waals surface area contributed by atoms with Crippen LogP contribution in [0.3, 0.4) is 0 Å². The van der Waals surface area contributed by atoms with Gasteiger partial charge in [-0.3, -0.25) is 0 Å². The van der Waals surface area contributed by atoms with Crippen molar-refractivity contribution >= 4 is 39.2 Å². The van der Waals surface area contributed by atoms with E-state index in [4.69, 9.17) is 38.0 Å². The molecule has 1 nitrogen and oxygen atoms in total. The number of benzene rings is 2. The number of rotatable bonds is 8. The lowest BCUT2D eigenvalue weighted by Gasteiger charge is -2.16. The second-order valence-electron chi connectivity index (χ2n) is 5.48. The molecule has 0 aliphatic rings. The highest BCUT2D eigenvalue weighted by Crippen LogP contribution is 2.34. The summed E-state index contributed by atoms with van der Waals surface area (Å²) in [5.41, 5.74) is 3.53. The van der Waals surface area contributed by atoms with Crippen molar-refractivity contribution in [3.63, 3.8) is 0 Å². The smallest absolute Gasteiger partial charge is 0.341 e. The van der Waals surface area contributed by atoms with Crippen LogP contribution in [0.2, 0.25) is 6.04 Å². The van der Waals surface area contributed by atoms with Crippen molar-refractivity contribution in [1.29, 1.82) is 0 Å². The molecule has 0 radical (unpaired) electrons. The van der Waals surface area contributed by atoms with Crippen LogP contribution in [0.4, 0.5) is 0 Å². The summed E-state index contributed by atoms with van der Waals surface area (Å²) < 4.78 is 6.12. The Hall–Kier alpha value is -0.673. The lowest BCUT2D eigenvalue weighted by molar-refractivity contribution is 0.315. The minimum absolute atomic E-state index is 0.571. The van der Waals surface area contributed by atoms with Crippen LogP contribution in [0.15, 0.2) is 48.5 Å². The van der Waals surface area contributed by atoms with Crippen molar-refractivity contribution in [3.8, 4) is 16.9 Å². The Kier molecular flexibility index (Phi) is 7.29. The van der Waals surface area contributed by atoms with Gasteiger partial charge in [-0.25, -0.2) is 0 Å². The molecule has 0 saturated carbocycles. The Morgan fingerprint density at radius 3 is 2.35 bits per heavy atom. The standard InChI is InChI=1S/C18H21Cl3OSi/c1-2-8-16-11-6-12-17(15-9-4-3-5-10-15)18(16)22-13-7-14-23(19,20)21/h3-6,9-12H,2,7-8,13-14H2,1H3. The number of halogens is 3. The summed E-state index contributed by atoms with van der Waals surface area (Å²) in [4.78, 5) is 0. The Bertz CT molecular complexity index is 611. The topological polar surface area (TPSA) is 9.23 Å². The summed E-state index contributed by atoms with van der Waals surface area (Å²) in [5.74, 6) is 0.964. The maximum Gasteiger partial charge on any atom is 0.341 e. The van der Waals surface area contributed by atoms with E-state index in [0.717, 1.165) is 36.1 Å². The lowest BCUT2D eigenvalue weighted by Crippen LogP contribution is -2.11. The zero-order valence-electron chi connectivity index (χ0n) is 13.2. The lowest BCUT2D eigenvalue weighted by atomic mass is 9.99. The van der Waals surface area contributed by atoms with Gasteiger partial charge in [0.1, 0.15) is 5.75 Å². The number of hydrogen-bond donors (Lipinski definition) is 0. The van der Waals surface area contributed by atoms with Crippen LogP contribution in [0.1, 0.15) is 25.3 Å². The van der Waals surface area contributed by atoms with E-state index in [1.54, 1.807) is 0 Å². The molecule has 0 fully saturated rings. The molecule has 0 spiro atoms. The van der Waals surface area contributed by atoms with Gasteiger partial charge in [-0.2, -0.15) is 0 Å². The molecular formula is C18H21Cl3OSi. The molecule has 23 heavy (non-hydrogen) atoms. The summed E-state index contributed by atoms with van der Waals surface area (Å²) in [5, 5.41) is 0. The van der Waals surface area contributed by atoms with E-state index in [-0.39, 0.29) is 0 Å². The third-order valence-electron chi connectivity index (χ3n) is 3.55. The fraction of sp³-hybridized carbons (Fsp3) is 0.333. The van der Waals surface area contributed by atoms with Gasteiger partial charge in [-0.1, -0.05) is 61.9 Å². The third kappa shape index (κ3) is 6.04. The minimum Gasteiger partial charge on any atom is -0.493 e. The van der Waals surface area contributed by atoms with Gasteiger partial charge in [0.25, 0.3) is 0 Å². The molecule has 124 valence electrons. The molecule has 0 saturated heterocycles. The average Bonchev–Trinajstić information content (AvgIpc) is 2.52. The summed E-state index contributed by atoms with van der Waals surface area (Å²) >= 11 is 17.8. The highest BCUT2D eigenvalue weighted by Gasteiger charge is 2.24. The Labute approximate surface area is 153 Å². The number of para-hydroxylation sites is 1. The van der Waals surface area contributed by atoms with Gasteiger partial charge in [-0.15, -0.1) is 33.2 Å². The third-order valence-corrected chi connectivity index (χ3v) is 6.17. The molecule has 5 heteroatoms. The molecule has 0 aromatic heterocycles. The fourth-order valence-corrected chi connectivity index (χ4v) is 4.26. The minimum atomic E-state index is -2.57. The molecule has 0 amide bonds. The van der Waals surface area contributed by atoms with Gasteiger partial charge in [0.05, 0.1) is 6.61 Å². The first-order valence-electron chi connectivity index (χ1n) is 7.88. The Morgan fingerprint density at radius 1 is 0.957 bits per heavy atom. The van der Waals surface area contributed by atoms with Crippen molar-refractivity contribution in [2.75, 3.05) is 6.61 Å². The Balaban J connectivity index is 2.20. The number of ether oxygens (including phenoxy) is 1. The normalized spacial score (nSPS) is 11.5. The summed E-state index contributed by atoms with van der Waals surface area (Å²) in [7, 11) is 0. The van der Waals surface area contributed by atoms with Crippen molar-refractivity contribution in [2.24, 2.45) is 0 Å². The summed E-state index contributed by atoms with van der Waals surface area (Å²) in [6, 6.07) is 14.7. The molecule has 2 aromatic rings. The van der Waals surface area contributed by atoms with E-state index < -0.39 is 6.00 Å². The van der Waals surface area contributed by atoms with Gasteiger partial charge < -0.3 is 4.74 Å². The average molecular weight is 388 g/mol. The fourth-order valence-electron chi connectivity index (χ4n) is 2.51. The summed E-state index contributed by atoms with van der Waals surface area (Å²) in [6.45, 7) is 2.74. The van der Waals surface area contributed by atoms with Gasteiger partial charge in [0.2, 0.25) is 0 Å². The highest BCUT2D eigenvalue weighted by atomic mass is 35.8. The summed E-state index contributed by atoms with van der Waals surface area (Å²) in [6.07, 6.45) is 2.84. The van der Waals surface area contributed by atoms with E-state index in [2.05, 4.69) is 37.3 Å². The number of aryl methyl sites for hydroxylation is 1. The first kappa shape index (κ1) is 18.7.